The van der Waals surface area contributed by atoms with Gasteiger partial charge in [-0.1, -0.05) is 0 Å². The summed E-state index contributed by atoms with van der Waals surface area (Å²) >= 11 is 0. The Kier molecular flexibility index (Phi) is 12.1. The van der Waals surface area contributed by atoms with Gasteiger partial charge in [-0.2, -0.15) is 0 Å². The number of nitrogens with one attached hydrogen (secondary N) is 2. The van der Waals surface area contributed by atoms with Gasteiger partial charge in [0.05, 0.1) is 0 Å². The fourth-order valence-electron chi connectivity index (χ4n) is 2.18. The first-order valence-electron chi connectivity index (χ1n) is 8.61. The molecule has 0 bridgehead atoms. The summed E-state index contributed by atoms with van der Waals surface area (Å²) in [5.41, 5.74) is 3.60. The van der Waals surface area contributed by atoms with Crippen molar-refractivity contribution in [1.82, 2.24) is 10.9 Å². The van der Waals surface area contributed by atoms with E-state index in [-0.39, 0.29) is 0 Å². The van der Waals surface area contributed by atoms with E-state index in [1.165, 1.54) is 0 Å². The minimum atomic E-state index is -1.83. The van der Waals surface area contributed by atoms with Crippen molar-refractivity contribution >= 4 is 35.7 Å². The van der Waals surface area contributed by atoms with Crippen LogP contribution >= 0.6 is 0 Å². The van der Waals surface area contributed by atoms with E-state index in [1.807, 2.05) is 0 Å². The first-order valence-corrected chi connectivity index (χ1v) is 8.61. The van der Waals surface area contributed by atoms with Crippen molar-refractivity contribution in [3.8, 4) is 0 Å². The number of ether oxygens (including phenoxy) is 4. The number of nitrogens with two attached hydrogens (primary N) is 2. The first kappa shape index (κ1) is 28.4. The van der Waals surface area contributed by atoms with E-state index in [2.05, 4.69) is 11.7 Å². The number of carboxylic acids is 1. The third kappa shape index (κ3) is 9.94. The van der Waals surface area contributed by atoms with Crippen LogP contribution in [0.2, 0.25) is 0 Å². The summed E-state index contributed by atoms with van der Waals surface area (Å²) in [6, 6.07) is 0. The summed E-state index contributed by atoms with van der Waals surface area (Å²) < 4.78 is 19.3. The summed E-state index contributed by atoms with van der Waals surface area (Å²) in [5.74, 6) is 4.15. The molecule has 2 amide bonds. The van der Waals surface area contributed by atoms with Crippen LogP contribution in [0, 0.1) is 0 Å². The zero-order valence-electron chi connectivity index (χ0n) is 17.2. The number of aliphatic hydroxyl groups is 1. The fourth-order valence-corrected chi connectivity index (χ4v) is 2.18. The van der Waals surface area contributed by atoms with Crippen LogP contribution in [0.3, 0.4) is 0 Å². The number of carboxylic acid groups (broad SMARTS) is 1. The Bertz CT molecular complexity index is 721. The lowest BCUT2D eigenvalue weighted by molar-refractivity contribution is -0.291. The molecule has 5 atom stereocenters. The standard InChI is InChI=1S/C12H16O10.C4H8N4O2/c1-4(13)19-8-7(16)9(11(17)18)22-12(21-6(3)15)10(8)20-5(2)14;5-7-3(9)1-2-4(10)8-6/h7-10,12,16H,1-3H3,(H,17,18);1-2H,5-6H2,(H,7,9)(H,8,10)/b;2-1-/t7-,8-,9-,10+,12+;/m0./s1. The van der Waals surface area contributed by atoms with Gasteiger partial charge in [-0.15, -0.1) is 0 Å². The quantitative estimate of drug-likeness (QED) is 0.0548. The Morgan fingerprint density at radius 3 is 1.56 bits per heavy atom. The third-order valence-corrected chi connectivity index (χ3v) is 3.32. The molecule has 32 heavy (non-hydrogen) atoms. The van der Waals surface area contributed by atoms with E-state index >= 15 is 0 Å². The second-order valence-corrected chi connectivity index (χ2v) is 5.86. The van der Waals surface area contributed by atoms with Crippen LogP contribution in [-0.4, -0.2) is 76.6 Å². The Morgan fingerprint density at radius 2 is 1.22 bits per heavy atom. The second kappa shape index (κ2) is 13.7. The molecule has 0 spiro atoms. The summed E-state index contributed by atoms with van der Waals surface area (Å²) in [6.45, 7) is 3.07. The number of rotatable bonds is 6. The number of esters is 3. The van der Waals surface area contributed by atoms with Crippen molar-refractivity contribution in [2.75, 3.05) is 0 Å². The molecular weight excluding hydrogens is 440 g/mol. The number of amides is 2. The molecule has 1 aliphatic heterocycles. The molecule has 16 heteroatoms. The number of hydrazine groups is 2. The van der Waals surface area contributed by atoms with Gasteiger partial charge < -0.3 is 29.2 Å². The molecule has 1 aliphatic rings. The van der Waals surface area contributed by atoms with Crippen molar-refractivity contribution in [1.29, 1.82) is 0 Å². The smallest absolute Gasteiger partial charge is 0.335 e. The highest BCUT2D eigenvalue weighted by Crippen LogP contribution is 2.27. The van der Waals surface area contributed by atoms with Crippen molar-refractivity contribution in [2.24, 2.45) is 11.7 Å². The van der Waals surface area contributed by atoms with Gasteiger partial charge in [-0.3, -0.25) is 34.8 Å². The fraction of sp³-hybridized carbons (Fsp3) is 0.500. The third-order valence-electron chi connectivity index (χ3n) is 3.32. The molecule has 1 rings (SSSR count). The minimum Gasteiger partial charge on any atom is -0.479 e. The lowest BCUT2D eigenvalue weighted by Gasteiger charge is -2.41. The maximum absolute atomic E-state index is 11.1. The molecule has 180 valence electrons. The van der Waals surface area contributed by atoms with Crippen molar-refractivity contribution in [2.45, 2.75) is 51.5 Å². The van der Waals surface area contributed by atoms with Crippen LogP contribution in [0.15, 0.2) is 12.2 Å². The van der Waals surface area contributed by atoms with Crippen LogP contribution in [0.1, 0.15) is 20.8 Å². The molecule has 16 nitrogen and oxygen atoms in total. The number of carbonyl (C=O) groups is 6. The molecule has 8 N–H and O–H groups in total. The van der Waals surface area contributed by atoms with Gasteiger partial charge in [0.2, 0.25) is 12.4 Å². The molecule has 1 heterocycles. The lowest BCUT2D eigenvalue weighted by Crippen LogP contribution is -2.62. The Morgan fingerprint density at radius 1 is 0.812 bits per heavy atom. The van der Waals surface area contributed by atoms with Gasteiger partial charge in [-0.25, -0.2) is 16.5 Å². The van der Waals surface area contributed by atoms with Crippen molar-refractivity contribution < 1.29 is 57.9 Å². The molecular formula is C16H24N4O12. The number of aliphatic carboxylic acids is 1. The monoisotopic (exact) mass is 464 g/mol. The van der Waals surface area contributed by atoms with Crippen LogP contribution in [0.5, 0.6) is 0 Å². The number of aliphatic hydroxyl groups excluding tert-OH is 1. The van der Waals surface area contributed by atoms with E-state index in [0.717, 1.165) is 32.9 Å². The van der Waals surface area contributed by atoms with Crippen LogP contribution in [0.25, 0.3) is 0 Å². The topological polar surface area (TPSA) is 256 Å². The molecule has 0 radical (unpaired) electrons. The van der Waals surface area contributed by atoms with Gasteiger partial charge in [0.15, 0.2) is 12.2 Å². The lowest BCUT2D eigenvalue weighted by atomic mass is 9.98. The minimum absolute atomic E-state index is 0.566. The van der Waals surface area contributed by atoms with Gasteiger partial charge >= 0.3 is 23.9 Å². The van der Waals surface area contributed by atoms with Crippen molar-refractivity contribution in [3.63, 3.8) is 0 Å². The predicted molar refractivity (Wildman–Crippen MR) is 99.0 cm³/mol. The summed E-state index contributed by atoms with van der Waals surface area (Å²) in [5, 5.41) is 19.0. The average Bonchev–Trinajstić information content (AvgIpc) is 2.69. The van der Waals surface area contributed by atoms with E-state index in [9.17, 15) is 33.9 Å². The molecule has 0 aromatic rings. The summed E-state index contributed by atoms with van der Waals surface area (Å²) in [6.07, 6.45) is -6.45. The van der Waals surface area contributed by atoms with Gasteiger partial charge in [0.1, 0.15) is 6.10 Å². The highest BCUT2D eigenvalue weighted by atomic mass is 16.7. The second-order valence-electron chi connectivity index (χ2n) is 5.86. The van der Waals surface area contributed by atoms with E-state index < -0.39 is 66.4 Å². The van der Waals surface area contributed by atoms with Crippen LogP contribution < -0.4 is 22.5 Å². The SMILES string of the molecule is CC(=O)O[C@@H]1O[C@H](C(=O)O)[C@@H](O)[C@H](OC(C)=O)[C@H]1OC(C)=O.NNC(=O)/C=C\C(=O)NN. The largest absolute Gasteiger partial charge is 0.479 e. The highest BCUT2D eigenvalue weighted by molar-refractivity contribution is 5.96. The maximum atomic E-state index is 11.1. The first-order chi connectivity index (χ1) is 14.8. The van der Waals surface area contributed by atoms with E-state index in [0.29, 0.717) is 0 Å². The summed E-state index contributed by atoms with van der Waals surface area (Å²) in [4.78, 5) is 65.0. The number of carbonyl (C=O) groups excluding carboxylic acids is 5. The zero-order chi connectivity index (χ0) is 25.0. The highest BCUT2D eigenvalue weighted by Gasteiger charge is 2.53. The molecule has 0 unspecified atom stereocenters. The van der Waals surface area contributed by atoms with E-state index in [4.69, 9.17) is 24.1 Å². The Balaban J connectivity index is 0.000000809. The molecule has 1 fully saturated rings. The van der Waals surface area contributed by atoms with Crippen molar-refractivity contribution in [3.05, 3.63) is 12.2 Å². The Hall–Kier alpha value is -3.60. The van der Waals surface area contributed by atoms with E-state index in [1.54, 1.807) is 10.9 Å². The van der Waals surface area contributed by atoms with Crippen LogP contribution in [0.4, 0.5) is 0 Å². The average molecular weight is 464 g/mol. The normalized spacial score (nSPS) is 24.2. The van der Waals surface area contributed by atoms with Gasteiger partial charge in [-0.05, 0) is 0 Å². The molecule has 0 aliphatic carbocycles. The van der Waals surface area contributed by atoms with Gasteiger partial charge in [0.25, 0.3) is 11.8 Å². The zero-order valence-corrected chi connectivity index (χ0v) is 17.2. The van der Waals surface area contributed by atoms with Gasteiger partial charge in [0, 0.05) is 32.9 Å². The molecule has 1 saturated heterocycles. The molecule has 0 aromatic carbocycles. The van der Waals surface area contributed by atoms with Crippen LogP contribution in [-0.2, 0) is 47.7 Å². The number of hydrogen-bond donors (Lipinski definition) is 6. The molecule has 0 saturated carbocycles. The summed E-state index contributed by atoms with van der Waals surface area (Å²) in [7, 11) is 0. The predicted octanol–water partition coefficient (Wildman–Crippen LogP) is -3.89. The molecule has 0 aromatic heterocycles. The number of hydrogen-bond acceptors (Lipinski definition) is 13. The Labute approximate surface area is 180 Å². The maximum Gasteiger partial charge on any atom is 0.335 e.